The average Bonchev–Trinajstić information content (AvgIpc) is 3.10. The van der Waals surface area contributed by atoms with E-state index in [-0.39, 0.29) is 11.8 Å². The van der Waals surface area contributed by atoms with Gasteiger partial charge >= 0.3 is 0 Å². The van der Waals surface area contributed by atoms with Crippen molar-refractivity contribution in [1.29, 1.82) is 0 Å². The number of nitrogens with zero attached hydrogens (tertiary/aromatic N) is 7. The van der Waals surface area contributed by atoms with Crippen LogP contribution in [0.5, 0.6) is 11.6 Å². The van der Waals surface area contributed by atoms with Crippen LogP contribution >= 0.6 is 23.2 Å². The van der Waals surface area contributed by atoms with Gasteiger partial charge in [0, 0.05) is 93.9 Å². The van der Waals surface area contributed by atoms with Crippen LogP contribution in [0, 0.1) is 5.92 Å². The Balaban J connectivity index is 1.08. The highest BCUT2D eigenvalue weighted by molar-refractivity contribution is 6.35. The van der Waals surface area contributed by atoms with Crippen molar-refractivity contribution in [3.63, 3.8) is 0 Å². The molecule has 49 heavy (non-hydrogen) atoms. The van der Waals surface area contributed by atoms with E-state index >= 15 is 0 Å². The molecule has 5 heterocycles. The van der Waals surface area contributed by atoms with Crippen LogP contribution < -0.4 is 15.0 Å². The zero-order chi connectivity index (χ0) is 34.2. The summed E-state index contributed by atoms with van der Waals surface area (Å²) in [5.74, 6) is 2.19. The maximum Gasteiger partial charge on any atom is 0.225 e. The van der Waals surface area contributed by atoms with E-state index in [1.54, 1.807) is 25.4 Å². The molecule has 1 N–H and O–H groups in total. The van der Waals surface area contributed by atoms with Gasteiger partial charge in [-0.25, -0.2) is 15.0 Å². The minimum atomic E-state index is 0.0159. The zero-order valence-corrected chi connectivity index (χ0v) is 29.5. The van der Waals surface area contributed by atoms with E-state index in [0.29, 0.717) is 71.8 Å². The van der Waals surface area contributed by atoms with Crippen LogP contribution in [0.4, 0.5) is 5.95 Å². The Morgan fingerprint density at radius 3 is 2.27 bits per heavy atom. The van der Waals surface area contributed by atoms with Gasteiger partial charge in [0.25, 0.3) is 0 Å². The Morgan fingerprint density at radius 2 is 1.59 bits per heavy atom. The number of pyridine rings is 1. The van der Waals surface area contributed by atoms with Gasteiger partial charge in [0.1, 0.15) is 0 Å². The molecular formula is C35H44Cl2N8O4. The fraction of sp³-hybridized carbons (Fsp3) is 0.514. The number of benzene rings is 1. The normalized spacial score (nSPS) is 18.0. The highest BCUT2D eigenvalue weighted by Crippen LogP contribution is 2.31. The number of amides is 2. The van der Waals surface area contributed by atoms with Crippen molar-refractivity contribution in [1.82, 2.24) is 35.0 Å². The molecule has 0 aliphatic carbocycles. The van der Waals surface area contributed by atoms with Crippen LogP contribution in [0.25, 0.3) is 11.3 Å². The predicted octanol–water partition coefficient (Wildman–Crippen LogP) is 4.36. The number of hydrogen-bond acceptors (Lipinski definition) is 10. The summed E-state index contributed by atoms with van der Waals surface area (Å²) in [5.41, 5.74) is 2.54. The lowest BCUT2D eigenvalue weighted by Gasteiger charge is -2.35. The minimum absolute atomic E-state index is 0.0159. The molecule has 0 radical (unpaired) electrons. The first kappa shape index (κ1) is 35.3. The van der Waals surface area contributed by atoms with Gasteiger partial charge in [0.2, 0.25) is 23.6 Å². The number of carbonyl (C=O) groups is 2. The number of nitrogens with one attached hydrogen (secondary N) is 1. The van der Waals surface area contributed by atoms with Crippen molar-refractivity contribution in [2.75, 3.05) is 83.6 Å². The molecule has 0 atom stereocenters. The van der Waals surface area contributed by atoms with Gasteiger partial charge in [0.15, 0.2) is 5.75 Å². The van der Waals surface area contributed by atoms with Gasteiger partial charge < -0.3 is 24.6 Å². The Hall–Kier alpha value is -3.55. The second-order valence-electron chi connectivity index (χ2n) is 12.9. The number of aromatic nitrogens is 3. The molecule has 6 rings (SSSR count). The van der Waals surface area contributed by atoms with Crippen molar-refractivity contribution in [3.8, 4) is 22.9 Å². The lowest BCUT2D eigenvalue weighted by molar-refractivity contribution is -0.132. The standard InChI is InChI=1S/C35H44Cl2N8O4/c1-25(46)38-21-26-2-5-43(6-3-26)24-27-16-32(28-18-29(36)20-30(37)19-28)41-33(17-27)49-31-22-39-35(40-23-31)45-10-8-44(9-11-45)34(47)4-7-42-12-14-48-15-13-42/h16-20,22-23,26H,2-15,21,24H2,1H3,(H,38,46). The lowest BCUT2D eigenvalue weighted by Crippen LogP contribution is -2.50. The van der Waals surface area contributed by atoms with Crippen LogP contribution in [0.15, 0.2) is 42.7 Å². The quantitative estimate of drug-likeness (QED) is 0.308. The van der Waals surface area contributed by atoms with Crippen LogP contribution in [0.2, 0.25) is 10.0 Å². The third-order valence-corrected chi connectivity index (χ3v) is 9.71. The number of morpholine rings is 1. The predicted molar refractivity (Wildman–Crippen MR) is 189 cm³/mol. The molecule has 12 nitrogen and oxygen atoms in total. The highest BCUT2D eigenvalue weighted by Gasteiger charge is 2.24. The Morgan fingerprint density at radius 1 is 0.898 bits per heavy atom. The first-order chi connectivity index (χ1) is 23.8. The van der Waals surface area contributed by atoms with Crippen molar-refractivity contribution >= 4 is 41.0 Å². The van der Waals surface area contributed by atoms with E-state index in [9.17, 15) is 9.59 Å². The van der Waals surface area contributed by atoms with Crippen molar-refractivity contribution in [3.05, 3.63) is 58.3 Å². The first-order valence-corrected chi connectivity index (χ1v) is 17.8. The van der Waals surface area contributed by atoms with Crippen LogP contribution in [0.1, 0.15) is 31.7 Å². The van der Waals surface area contributed by atoms with E-state index in [1.165, 1.54) is 0 Å². The maximum absolute atomic E-state index is 12.8. The molecule has 3 fully saturated rings. The number of rotatable bonds is 11. The molecule has 3 aliphatic rings. The van der Waals surface area contributed by atoms with E-state index in [4.69, 9.17) is 37.7 Å². The number of likely N-dealkylation sites (tertiary alicyclic amines) is 1. The third kappa shape index (κ3) is 10.2. The highest BCUT2D eigenvalue weighted by atomic mass is 35.5. The largest absolute Gasteiger partial charge is 0.436 e. The molecule has 3 saturated heterocycles. The fourth-order valence-electron chi connectivity index (χ4n) is 6.49. The van der Waals surface area contributed by atoms with E-state index in [1.807, 2.05) is 29.2 Å². The van der Waals surface area contributed by atoms with Gasteiger partial charge in [-0.3, -0.25) is 19.4 Å². The maximum atomic E-state index is 12.8. The number of hydrogen-bond donors (Lipinski definition) is 1. The lowest BCUT2D eigenvalue weighted by atomic mass is 9.96. The molecule has 0 unspecified atom stereocenters. The van der Waals surface area contributed by atoms with E-state index in [0.717, 1.165) is 83.0 Å². The molecule has 14 heteroatoms. The van der Waals surface area contributed by atoms with Crippen molar-refractivity contribution in [2.24, 2.45) is 5.92 Å². The van der Waals surface area contributed by atoms with Gasteiger partial charge in [-0.2, -0.15) is 0 Å². The summed E-state index contributed by atoms with van der Waals surface area (Å²) in [6.45, 7) is 11.5. The Labute approximate surface area is 297 Å². The Bertz CT molecular complexity index is 1550. The second-order valence-corrected chi connectivity index (χ2v) is 13.8. The molecule has 0 saturated carbocycles. The number of anilines is 1. The molecule has 0 bridgehead atoms. The second kappa shape index (κ2) is 16.9. The van der Waals surface area contributed by atoms with Gasteiger partial charge in [-0.15, -0.1) is 0 Å². The van der Waals surface area contributed by atoms with Crippen LogP contribution in [-0.4, -0.2) is 120 Å². The van der Waals surface area contributed by atoms with Crippen LogP contribution in [-0.2, 0) is 20.9 Å². The number of halogens is 2. The van der Waals surface area contributed by atoms with Gasteiger partial charge in [0.05, 0.1) is 31.3 Å². The smallest absolute Gasteiger partial charge is 0.225 e. The summed E-state index contributed by atoms with van der Waals surface area (Å²) >= 11 is 12.7. The fourth-order valence-corrected chi connectivity index (χ4v) is 7.01. The monoisotopic (exact) mass is 710 g/mol. The van der Waals surface area contributed by atoms with E-state index in [2.05, 4.69) is 30.0 Å². The third-order valence-electron chi connectivity index (χ3n) is 9.27. The summed E-state index contributed by atoms with van der Waals surface area (Å²) in [6.07, 6.45) is 5.89. The number of piperidine rings is 1. The molecule has 2 amide bonds. The first-order valence-electron chi connectivity index (χ1n) is 17.0. The van der Waals surface area contributed by atoms with Crippen LogP contribution in [0.3, 0.4) is 0 Å². The number of piperazine rings is 1. The molecular weight excluding hydrogens is 667 g/mol. The summed E-state index contributed by atoms with van der Waals surface area (Å²) in [4.78, 5) is 46.9. The summed E-state index contributed by atoms with van der Waals surface area (Å²) < 4.78 is 11.6. The SMILES string of the molecule is CC(=O)NCC1CCN(Cc2cc(Oc3cnc(N4CCN(C(=O)CCN5CCOCC5)CC4)nc3)nc(-c3cc(Cl)cc(Cl)c3)c2)CC1. The average molecular weight is 712 g/mol. The molecule has 1 aromatic carbocycles. The Kier molecular flexibility index (Phi) is 12.2. The summed E-state index contributed by atoms with van der Waals surface area (Å²) in [6, 6.07) is 9.37. The van der Waals surface area contributed by atoms with Gasteiger partial charge in [-0.1, -0.05) is 23.2 Å². The number of carbonyl (C=O) groups excluding carboxylic acids is 2. The summed E-state index contributed by atoms with van der Waals surface area (Å²) in [7, 11) is 0. The van der Waals surface area contributed by atoms with Crippen molar-refractivity contribution < 1.29 is 19.1 Å². The molecule has 0 spiro atoms. The molecule has 2 aromatic heterocycles. The number of ether oxygens (including phenoxy) is 2. The molecule has 3 aliphatic heterocycles. The zero-order valence-electron chi connectivity index (χ0n) is 28.0. The summed E-state index contributed by atoms with van der Waals surface area (Å²) in [5, 5.41) is 4.01. The molecule has 262 valence electrons. The minimum Gasteiger partial charge on any atom is -0.436 e. The van der Waals surface area contributed by atoms with Crippen molar-refractivity contribution in [2.45, 2.75) is 32.7 Å². The molecule has 3 aromatic rings. The van der Waals surface area contributed by atoms with E-state index < -0.39 is 0 Å². The van der Waals surface area contributed by atoms with Gasteiger partial charge in [-0.05, 0) is 61.7 Å². The topological polar surface area (TPSA) is 116 Å².